The number of fused-ring (bicyclic) bond motifs is 9. The molecule has 2 nitrogen and oxygen atoms in total. The van der Waals surface area contributed by atoms with Gasteiger partial charge in [0.1, 0.15) is 0 Å². The zero-order valence-electron chi connectivity index (χ0n) is 19.5. The SMILES string of the molecule is CC1(C)[C@@H](O)CC[C@]2(C)[C@H]3CC[C@]4(C)c5[nH]c6ccccc6c5C[C@H]4[C@]3(C)CC[C@@H]12. The van der Waals surface area contributed by atoms with Gasteiger partial charge in [-0.1, -0.05) is 52.8 Å². The summed E-state index contributed by atoms with van der Waals surface area (Å²) in [5.41, 5.74) is 5.60. The van der Waals surface area contributed by atoms with E-state index in [1.54, 1.807) is 11.3 Å². The standard InChI is InChI=1S/C28H39NO/c1-25(2)20-10-13-27(4)21(26(20,3)15-12-23(25)30)11-14-28(5)22(27)16-18-17-8-6-7-9-19(17)29-24(18)28/h6-9,20-23,29-30H,10-16H2,1-5H3/t20-,21+,22-,23-,26-,27+,28-/m0/s1. The number of nitrogens with one attached hydrogen (secondary N) is 1. The molecule has 0 radical (unpaired) electrons. The first-order chi connectivity index (χ1) is 14.1. The molecule has 3 fully saturated rings. The van der Waals surface area contributed by atoms with Crippen molar-refractivity contribution < 1.29 is 5.11 Å². The maximum atomic E-state index is 10.8. The monoisotopic (exact) mass is 405 g/mol. The van der Waals surface area contributed by atoms with Gasteiger partial charge < -0.3 is 10.1 Å². The van der Waals surface area contributed by atoms with Crippen LogP contribution in [0.4, 0.5) is 0 Å². The lowest BCUT2D eigenvalue weighted by molar-refractivity contribution is -0.201. The van der Waals surface area contributed by atoms with Gasteiger partial charge in [-0.15, -0.1) is 0 Å². The van der Waals surface area contributed by atoms with Gasteiger partial charge in [-0.25, -0.2) is 0 Å². The van der Waals surface area contributed by atoms with Crippen molar-refractivity contribution in [1.82, 2.24) is 4.98 Å². The van der Waals surface area contributed by atoms with E-state index in [-0.39, 0.29) is 16.9 Å². The molecule has 6 rings (SSSR count). The molecular formula is C28H39NO. The van der Waals surface area contributed by atoms with Crippen molar-refractivity contribution in [2.24, 2.45) is 34.0 Å². The molecule has 7 atom stereocenters. The zero-order valence-corrected chi connectivity index (χ0v) is 19.5. The first kappa shape index (κ1) is 19.4. The fraction of sp³-hybridized carbons (Fsp3) is 0.714. The number of benzene rings is 1. The van der Waals surface area contributed by atoms with Gasteiger partial charge in [-0.05, 0) is 90.6 Å². The molecule has 0 spiro atoms. The van der Waals surface area contributed by atoms with Crippen molar-refractivity contribution in [2.45, 2.75) is 91.1 Å². The Balaban J connectivity index is 1.43. The molecule has 30 heavy (non-hydrogen) atoms. The fourth-order valence-corrected chi connectivity index (χ4v) is 9.86. The van der Waals surface area contributed by atoms with Gasteiger partial charge in [0.05, 0.1) is 6.10 Å². The highest BCUT2D eigenvalue weighted by molar-refractivity contribution is 5.86. The minimum absolute atomic E-state index is 0.0469. The van der Waals surface area contributed by atoms with Crippen molar-refractivity contribution in [3.63, 3.8) is 0 Å². The average molecular weight is 406 g/mol. The van der Waals surface area contributed by atoms with Crippen molar-refractivity contribution >= 4 is 10.9 Å². The molecule has 1 heterocycles. The second kappa shape index (κ2) is 5.74. The molecule has 2 heteroatoms. The lowest BCUT2D eigenvalue weighted by atomic mass is 9.37. The molecule has 0 unspecified atom stereocenters. The van der Waals surface area contributed by atoms with Gasteiger partial charge >= 0.3 is 0 Å². The Morgan fingerprint density at radius 3 is 2.30 bits per heavy atom. The first-order valence-corrected chi connectivity index (χ1v) is 12.4. The van der Waals surface area contributed by atoms with Gasteiger partial charge in [0.25, 0.3) is 0 Å². The van der Waals surface area contributed by atoms with Gasteiger partial charge in [-0.2, -0.15) is 0 Å². The Bertz CT molecular complexity index is 1020. The highest BCUT2D eigenvalue weighted by Gasteiger charge is 2.67. The molecule has 2 N–H and O–H groups in total. The first-order valence-electron chi connectivity index (χ1n) is 12.4. The van der Waals surface area contributed by atoms with E-state index in [1.807, 2.05) is 0 Å². The third-order valence-electron chi connectivity index (χ3n) is 11.4. The lowest BCUT2D eigenvalue weighted by Gasteiger charge is -2.68. The van der Waals surface area contributed by atoms with Crippen LogP contribution < -0.4 is 0 Å². The van der Waals surface area contributed by atoms with Crippen LogP contribution in [-0.4, -0.2) is 16.2 Å². The highest BCUT2D eigenvalue weighted by atomic mass is 16.3. The van der Waals surface area contributed by atoms with Crippen LogP contribution in [0.25, 0.3) is 10.9 Å². The number of hydrogen-bond donors (Lipinski definition) is 2. The van der Waals surface area contributed by atoms with E-state index in [4.69, 9.17) is 0 Å². The van der Waals surface area contributed by atoms with Gasteiger partial charge in [0, 0.05) is 22.0 Å². The molecule has 2 aromatic rings. The molecule has 162 valence electrons. The summed E-state index contributed by atoms with van der Waals surface area (Å²) >= 11 is 0. The summed E-state index contributed by atoms with van der Waals surface area (Å²) in [6.07, 6.45) is 8.58. The largest absolute Gasteiger partial charge is 0.393 e. The molecule has 1 aromatic carbocycles. The fourth-order valence-electron chi connectivity index (χ4n) is 9.86. The quantitative estimate of drug-likeness (QED) is 0.508. The third-order valence-corrected chi connectivity index (χ3v) is 11.4. The summed E-state index contributed by atoms with van der Waals surface area (Å²) in [7, 11) is 0. The van der Waals surface area contributed by atoms with Crippen LogP contribution in [0.1, 0.15) is 84.4 Å². The second-order valence-corrected chi connectivity index (χ2v) is 12.8. The summed E-state index contributed by atoms with van der Waals surface area (Å²) < 4.78 is 0. The molecular weight excluding hydrogens is 366 g/mol. The Kier molecular flexibility index (Phi) is 3.71. The van der Waals surface area contributed by atoms with E-state index < -0.39 is 0 Å². The molecule has 0 aliphatic heterocycles. The van der Waals surface area contributed by atoms with E-state index in [9.17, 15) is 5.11 Å². The predicted octanol–water partition coefficient (Wildman–Crippen LogP) is 6.61. The van der Waals surface area contributed by atoms with Gasteiger partial charge in [-0.3, -0.25) is 0 Å². The molecule has 0 bridgehead atoms. The summed E-state index contributed by atoms with van der Waals surface area (Å²) in [4.78, 5) is 3.88. The second-order valence-electron chi connectivity index (χ2n) is 12.8. The number of aliphatic hydroxyl groups excluding tert-OH is 1. The Morgan fingerprint density at radius 2 is 1.50 bits per heavy atom. The molecule has 3 saturated carbocycles. The van der Waals surface area contributed by atoms with Crippen LogP contribution in [0.2, 0.25) is 0 Å². The van der Waals surface area contributed by atoms with Crippen LogP contribution in [-0.2, 0) is 11.8 Å². The average Bonchev–Trinajstić information content (AvgIpc) is 3.20. The Morgan fingerprint density at radius 1 is 0.833 bits per heavy atom. The summed E-state index contributed by atoms with van der Waals surface area (Å²) in [5.74, 6) is 2.17. The van der Waals surface area contributed by atoms with Crippen molar-refractivity contribution in [3.8, 4) is 0 Å². The van der Waals surface area contributed by atoms with E-state index >= 15 is 0 Å². The normalized spacial score (nSPS) is 46.7. The van der Waals surface area contributed by atoms with E-state index in [0.717, 1.165) is 18.3 Å². The maximum absolute atomic E-state index is 10.8. The Labute approximate surface area is 181 Å². The summed E-state index contributed by atoms with van der Waals surface area (Å²) in [6, 6.07) is 8.94. The van der Waals surface area contributed by atoms with Crippen molar-refractivity contribution in [2.75, 3.05) is 0 Å². The van der Waals surface area contributed by atoms with Crippen molar-refractivity contribution in [1.29, 1.82) is 0 Å². The van der Waals surface area contributed by atoms with Gasteiger partial charge in [0.15, 0.2) is 0 Å². The number of aromatic amines is 1. The number of H-pyrrole nitrogens is 1. The number of rotatable bonds is 0. The number of para-hydroxylation sites is 1. The highest BCUT2D eigenvalue weighted by Crippen LogP contribution is 2.72. The lowest BCUT2D eigenvalue weighted by Crippen LogP contribution is -2.63. The molecule has 0 amide bonds. The van der Waals surface area contributed by atoms with Crippen LogP contribution in [0.3, 0.4) is 0 Å². The van der Waals surface area contributed by atoms with E-state index in [1.165, 1.54) is 49.4 Å². The third kappa shape index (κ3) is 2.10. The van der Waals surface area contributed by atoms with Crippen LogP contribution in [0, 0.1) is 34.0 Å². The Hall–Kier alpha value is -1.28. The maximum Gasteiger partial charge on any atom is 0.0594 e. The van der Waals surface area contributed by atoms with Crippen LogP contribution in [0.15, 0.2) is 24.3 Å². The van der Waals surface area contributed by atoms with Crippen LogP contribution in [0.5, 0.6) is 0 Å². The molecule has 4 aliphatic rings. The number of aromatic nitrogens is 1. The molecule has 0 saturated heterocycles. The van der Waals surface area contributed by atoms with Gasteiger partial charge in [0.2, 0.25) is 0 Å². The zero-order chi connectivity index (χ0) is 21.1. The predicted molar refractivity (Wildman–Crippen MR) is 124 cm³/mol. The minimum Gasteiger partial charge on any atom is -0.393 e. The minimum atomic E-state index is -0.133. The number of aliphatic hydroxyl groups is 1. The summed E-state index contributed by atoms with van der Waals surface area (Å²) in [6.45, 7) is 12.5. The van der Waals surface area contributed by atoms with Crippen molar-refractivity contribution in [3.05, 3.63) is 35.5 Å². The topological polar surface area (TPSA) is 36.0 Å². The van der Waals surface area contributed by atoms with E-state index in [2.05, 4.69) is 63.9 Å². The molecule has 4 aliphatic carbocycles. The smallest absolute Gasteiger partial charge is 0.0594 e. The van der Waals surface area contributed by atoms with E-state index in [0.29, 0.717) is 16.7 Å². The summed E-state index contributed by atoms with van der Waals surface area (Å²) in [5, 5.41) is 12.3. The molecule has 1 aromatic heterocycles. The van der Waals surface area contributed by atoms with Crippen LogP contribution >= 0.6 is 0 Å². The number of hydrogen-bond acceptors (Lipinski definition) is 1.